The van der Waals surface area contributed by atoms with Crippen LogP contribution in [-0.4, -0.2) is 132 Å². The first-order valence-corrected chi connectivity index (χ1v) is 16.2. The summed E-state index contributed by atoms with van der Waals surface area (Å²) in [4.78, 5) is 11.6. The van der Waals surface area contributed by atoms with E-state index in [9.17, 15) is 4.79 Å². The summed E-state index contributed by atoms with van der Waals surface area (Å²) in [5.74, 6) is -0.140. The molecule has 0 unspecified atom stereocenters. The molecule has 11 nitrogen and oxygen atoms in total. The van der Waals surface area contributed by atoms with Crippen molar-refractivity contribution in [2.24, 2.45) is 0 Å². The molecule has 0 bridgehead atoms. The molecular weight excluding hydrogens is 548 g/mol. The summed E-state index contributed by atoms with van der Waals surface area (Å²) in [7, 11) is 0. The smallest absolute Gasteiger partial charge is 0.305 e. The predicted octanol–water partition coefficient (Wildman–Crippen LogP) is 4.23. The maximum Gasteiger partial charge on any atom is 0.305 e. The van der Waals surface area contributed by atoms with Gasteiger partial charge in [-0.15, -0.1) is 0 Å². The summed E-state index contributed by atoms with van der Waals surface area (Å²) in [5.41, 5.74) is 0. The molecule has 0 atom stereocenters. The molecular formula is C31H62O11. The highest BCUT2D eigenvalue weighted by molar-refractivity contribution is 5.69. The Labute approximate surface area is 255 Å². The Morgan fingerprint density at radius 1 is 0.333 bits per heavy atom. The summed E-state index contributed by atoms with van der Waals surface area (Å²) < 4.78 is 54.2. The van der Waals surface area contributed by atoms with Crippen molar-refractivity contribution in [2.75, 3.05) is 126 Å². The monoisotopic (exact) mass is 610 g/mol. The lowest BCUT2D eigenvalue weighted by atomic mass is 10.1. The topological polar surface area (TPSA) is 109 Å². The van der Waals surface area contributed by atoms with Crippen LogP contribution in [0.4, 0.5) is 0 Å². The molecule has 0 aromatic rings. The summed E-state index contributed by atoms with van der Waals surface area (Å²) >= 11 is 0. The molecule has 11 heteroatoms. The third-order valence-electron chi connectivity index (χ3n) is 5.84. The first-order chi connectivity index (χ1) is 20.8. The van der Waals surface area contributed by atoms with Gasteiger partial charge in [0.25, 0.3) is 0 Å². The molecule has 0 N–H and O–H groups in total. The van der Waals surface area contributed by atoms with E-state index in [1.165, 1.54) is 25.7 Å². The van der Waals surface area contributed by atoms with Crippen molar-refractivity contribution in [3.8, 4) is 0 Å². The normalized spacial score (nSPS) is 11.4. The van der Waals surface area contributed by atoms with Crippen LogP contribution in [0.5, 0.6) is 0 Å². The molecule has 0 aliphatic heterocycles. The van der Waals surface area contributed by atoms with Gasteiger partial charge in [-0.25, -0.2) is 0 Å². The Balaban J connectivity index is 3.09. The number of esters is 1. The fourth-order valence-electron chi connectivity index (χ4n) is 3.44. The number of rotatable bonds is 37. The second-order valence-corrected chi connectivity index (χ2v) is 9.60. The zero-order valence-electron chi connectivity index (χ0n) is 26.8. The second-order valence-electron chi connectivity index (χ2n) is 9.60. The molecule has 0 saturated carbocycles. The Kier molecular flexibility index (Phi) is 37.3. The number of hydrogen-bond acceptors (Lipinski definition) is 11. The minimum atomic E-state index is -0.140. The van der Waals surface area contributed by atoms with Crippen molar-refractivity contribution in [2.45, 2.75) is 71.6 Å². The van der Waals surface area contributed by atoms with Crippen molar-refractivity contribution in [3.05, 3.63) is 0 Å². The predicted molar refractivity (Wildman–Crippen MR) is 161 cm³/mol. The number of unbranched alkanes of at least 4 members (excludes halogenated alkanes) is 6. The minimum Gasteiger partial charge on any atom is -0.463 e. The second kappa shape index (κ2) is 38.1. The van der Waals surface area contributed by atoms with Crippen LogP contribution in [0.25, 0.3) is 0 Å². The average molecular weight is 611 g/mol. The summed E-state index contributed by atoms with van der Waals surface area (Å²) in [6.45, 7) is 14.3. The van der Waals surface area contributed by atoms with Crippen molar-refractivity contribution in [1.82, 2.24) is 0 Å². The molecule has 252 valence electrons. The molecule has 0 aromatic heterocycles. The van der Waals surface area contributed by atoms with E-state index in [2.05, 4.69) is 13.8 Å². The molecule has 42 heavy (non-hydrogen) atoms. The van der Waals surface area contributed by atoms with Crippen molar-refractivity contribution in [1.29, 1.82) is 0 Å². The lowest BCUT2D eigenvalue weighted by molar-refractivity contribution is -0.145. The zero-order chi connectivity index (χ0) is 30.4. The minimum absolute atomic E-state index is 0.140. The number of ether oxygens (including phenoxy) is 10. The van der Waals surface area contributed by atoms with Crippen LogP contribution in [0, 0.1) is 0 Å². The zero-order valence-corrected chi connectivity index (χ0v) is 26.8. The van der Waals surface area contributed by atoms with Gasteiger partial charge in [0.1, 0.15) is 6.61 Å². The molecule has 0 radical (unpaired) electrons. The quantitative estimate of drug-likeness (QED) is 0.0745. The van der Waals surface area contributed by atoms with E-state index in [1.54, 1.807) is 0 Å². The molecule has 0 amide bonds. The Morgan fingerprint density at radius 2 is 0.619 bits per heavy atom. The van der Waals surface area contributed by atoms with Crippen LogP contribution < -0.4 is 0 Å². The lowest BCUT2D eigenvalue weighted by Gasteiger charge is -2.09. The molecule has 0 heterocycles. The van der Waals surface area contributed by atoms with E-state index in [4.69, 9.17) is 47.4 Å². The summed E-state index contributed by atoms with van der Waals surface area (Å²) in [5, 5.41) is 0. The van der Waals surface area contributed by atoms with Gasteiger partial charge in [-0.1, -0.05) is 52.4 Å². The van der Waals surface area contributed by atoms with E-state index in [0.29, 0.717) is 125 Å². The highest BCUT2D eigenvalue weighted by Crippen LogP contribution is 2.07. The van der Waals surface area contributed by atoms with Crippen LogP contribution in [0.3, 0.4) is 0 Å². The molecule has 0 rings (SSSR count). The summed E-state index contributed by atoms with van der Waals surface area (Å²) in [6.07, 6.45) is 9.69. The van der Waals surface area contributed by atoms with Crippen LogP contribution in [0.2, 0.25) is 0 Å². The molecule has 0 spiro atoms. The number of hydrogen-bond donors (Lipinski definition) is 0. The van der Waals surface area contributed by atoms with Gasteiger partial charge in [0.05, 0.1) is 112 Å². The van der Waals surface area contributed by atoms with Crippen molar-refractivity contribution in [3.63, 3.8) is 0 Å². The molecule has 0 fully saturated rings. The molecule has 0 aliphatic carbocycles. The summed E-state index contributed by atoms with van der Waals surface area (Å²) in [6, 6.07) is 0. The van der Waals surface area contributed by atoms with Gasteiger partial charge in [-0.2, -0.15) is 0 Å². The standard InChI is InChI=1S/C31H62O11/c1-3-5-7-8-9-10-11-31(32)42-30-29-41-28-27-40-26-25-39-24-23-38-22-21-37-20-19-36-18-17-35-16-15-34-14-13-33-12-6-4-2/h3-30H2,1-2H3. The van der Waals surface area contributed by atoms with Gasteiger partial charge in [-0.3, -0.25) is 4.79 Å². The number of carbonyl (C=O) groups is 1. The van der Waals surface area contributed by atoms with Gasteiger partial charge in [0, 0.05) is 13.0 Å². The van der Waals surface area contributed by atoms with E-state index in [-0.39, 0.29) is 5.97 Å². The molecule has 0 aliphatic rings. The average Bonchev–Trinajstić information content (AvgIpc) is 3.00. The van der Waals surface area contributed by atoms with Crippen LogP contribution in [0.15, 0.2) is 0 Å². The molecule has 0 aromatic carbocycles. The van der Waals surface area contributed by atoms with E-state index < -0.39 is 0 Å². The first-order valence-electron chi connectivity index (χ1n) is 16.2. The highest BCUT2D eigenvalue weighted by atomic mass is 16.6. The largest absolute Gasteiger partial charge is 0.463 e. The van der Waals surface area contributed by atoms with Gasteiger partial charge in [-0.05, 0) is 12.8 Å². The van der Waals surface area contributed by atoms with Gasteiger partial charge < -0.3 is 47.4 Å². The van der Waals surface area contributed by atoms with Gasteiger partial charge in [0.2, 0.25) is 0 Å². The third-order valence-corrected chi connectivity index (χ3v) is 5.84. The lowest BCUT2D eigenvalue weighted by Crippen LogP contribution is -2.15. The first kappa shape index (κ1) is 41.1. The Morgan fingerprint density at radius 3 is 0.976 bits per heavy atom. The SMILES string of the molecule is CCCCCCCCC(=O)OCCOCCOCCOCCOCCOCCOCCOCCOCCOCCCC. The Hall–Kier alpha value is -0.890. The van der Waals surface area contributed by atoms with Crippen molar-refractivity contribution >= 4 is 5.97 Å². The van der Waals surface area contributed by atoms with Gasteiger partial charge >= 0.3 is 5.97 Å². The van der Waals surface area contributed by atoms with Crippen molar-refractivity contribution < 1.29 is 52.2 Å². The van der Waals surface area contributed by atoms with Crippen LogP contribution in [0.1, 0.15) is 71.6 Å². The Bertz CT molecular complexity index is 511. The molecule has 0 saturated heterocycles. The fourth-order valence-corrected chi connectivity index (χ4v) is 3.44. The van der Waals surface area contributed by atoms with E-state index >= 15 is 0 Å². The number of carbonyl (C=O) groups excluding carboxylic acids is 1. The highest BCUT2D eigenvalue weighted by Gasteiger charge is 2.02. The van der Waals surface area contributed by atoms with Crippen LogP contribution >= 0.6 is 0 Å². The van der Waals surface area contributed by atoms with Crippen LogP contribution in [-0.2, 0) is 52.2 Å². The third kappa shape index (κ3) is 37.1. The maximum absolute atomic E-state index is 11.6. The fraction of sp³-hybridized carbons (Fsp3) is 0.968. The van der Waals surface area contributed by atoms with E-state index in [0.717, 1.165) is 32.3 Å². The van der Waals surface area contributed by atoms with E-state index in [1.807, 2.05) is 0 Å². The maximum atomic E-state index is 11.6. The van der Waals surface area contributed by atoms with Gasteiger partial charge in [0.15, 0.2) is 0 Å².